The van der Waals surface area contributed by atoms with Gasteiger partial charge in [-0.1, -0.05) is 6.42 Å². The molecule has 0 atom stereocenters. The summed E-state index contributed by atoms with van der Waals surface area (Å²) in [7, 11) is 1.58. The Morgan fingerprint density at radius 3 is 2.56 bits per heavy atom. The molecule has 1 aliphatic carbocycles. The first-order valence-electron chi connectivity index (χ1n) is 10.4. The monoisotopic (exact) mass is 451 g/mol. The summed E-state index contributed by atoms with van der Waals surface area (Å²) in [6, 6.07) is 4.40. The molecular weight excluding hydrogens is 423 g/mol. The van der Waals surface area contributed by atoms with Crippen LogP contribution in [0.5, 0.6) is 5.75 Å². The highest BCUT2D eigenvalue weighted by Crippen LogP contribution is 2.29. The summed E-state index contributed by atoms with van der Waals surface area (Å²) in [6.07, 6.45) is 2.14. The number of anilines is 1. The van der Waals surface area contributed by atoms with E-state index in [1.54, 1.807) is 13.1 Å². The van der Waals surface area contributed by atoms with E-state index in [2.05, 4.69) is 20.3 Å². The van der Waals surface area contributed by atoms with Gasteiger partial charge >= 0.3 is 6.18 Å². The first kappa shape index (κ1) is 23.6. The summed E-state index contributed by atoms with van der Waals surface area (Å²) < 4.78 is 44.7. The maximum Gasteiger partial charge on any atom is 0.433 e. The zero-order valence-electron chi connectivity index (χ0n) is 18.1. The van der Waals surface area contributed by atoms with Gasteiger partial charge in [-0.2, -0.15) is 13.2 Å². The highest BCUT2D eigenvalue weighted by molar-refractivity contribution is 5.64. The number of nitrogens with one attached hydrogen (secondary N) is 1. The molecule has 8 nitrogen and oxygen atoms in total. The van der Waals surface area contributed by atoms with E-state index < -0.39 is 11.9 Å². The molecule has 0 radical (unpaired) electrons. The van der Waals surface area contributed by atoms with Gasteiger partial charge in [-0.25, -0.2) is 20.8 Å². The fourth-order valence-corrected chi connectivity index (χ4v) is 3.53. The number of aromatic nitrogens is 3. The second-order valence-electron chi connectivity index (χ2n) is 7.77. The summed E-state index contributed by atoms with van der Waals surface area (Å²) in [5.74, 6) is 6.64. The zero-order chi connectivity index (χ0) is 23.3. The molecule has 5 N–H and O–H groups in total. The Balaban J connectivity index is 1.76. The van der Waals surface area contributed by atoms with Gasteiger partial charge in [-0.05, 0) is 44.7 Å². The molecule has 0 aliphatic heterocycles. The molecule has 0 amide bonds. The quantitative estimate of drug-likeness (QED) is 0.433. The van der Waals surface area contributed by atoms with E-state index in [-0.39, 0.29) is 18.5 Å². The van der Waals surface area contributed by atoms with Crippen LogP contribution in [0.25, 0.3) is 5.70 Å². The van der Waals surface area contributed by atoms with Crippen molar-refractivity contribution in [3.05, 3.63) is 47.3 Å². The minimum Gasteiger partial charge on any atom is -0.489 e. The minimum absolute atomic E-state index is 0.000144. The predicted octanol–water partition coefficient (Wildman–Crippen LogP) is 3.46. The number of nitrogens with zero attached hydrogens (tertiary/aromatic N) is 4. The lowest BCUT2D eigenvalue weighted by Gasteiger charge is -2.24. The number of ether oxygens (including phenoxy) is 1. The van der Waals surface area contributed by atoms with E-state index in [0.717, 1.165) is 31.0 Å². The molecule has 2 aromatic rings. The van der Waals surface area contributed by atoms with Crippen LogP contribution < -0.4 is 21.6 Å². The molecular formula is C21H28F3N7O. The van der Waals surface area contributed by atoms with Gasteiger partial charge in [0, 0.05) is 13.1 Å². The van der Waals surface area contributed by atoms with Crippen LogP contribution in [-0.4, -0.2) is 39.7 Å². The smallest absolute Gasteiger partial charge is 0.433 e. The molecule has 0 saturated heterocycles. The third kappa shape index (κ3) is 6.00. The molecule has 1 fully saturated rings. The molecule has 0 unspecified atom stereocenters. The fraction of sp³-hybridized carbons (Fsp3) is 0.476. The Hall–Kier alpha value is -3.08. The topological polar surface area (TPSA) is 115 Å². The second-order valence-corrected chi connectivity index (χ2v) is 7.77. The van der Waals surface area contributed by atoms with Crippen LogP contribution in [0.15, 0.2) is 30.2 Å². The molecule has 1 saturated carbocycles. The first-order valence-corrected chi connectivity index (χ1v) is 10.4. The Bertz CT molecular complexity index is 957. The van der Waals surface area contributed by atoms with E-state index in [9.17, 15) is 13.2 Å². The van der Waals surface area contributed by atoms with Crippen molar-refractivity contribution in [1.29, 1.82) is 0 Å². The third-order valence-corrected chi connectivity index (χ3v) is 5.29. The van der Waals surface area contributed by atoms with E-state index >= 15 is 0 Å². The molecule has 1 aliphatic rings. The largest absolute Gasteiger partial charge is 0.489 e. The molecule has 174 valence electrons. The van der Waals surface area contributed by atoms with Crippen molar-refractivity contribution >= 4 is 11.5 Å². The van der Waals surface area contributed by atoms with Gasteiger partial charge in [-0.15, -0.1) is 0 Å². The number of alkyl halides is 3. The number of hydrogen-bond donors (Lipinski definition) is 3. The number of rotatable bonds is 7. The first-order chi connectivity index (χ1) is 15.1. The van der Waals surface area contributed by atoms with Crippen molar-refractivity contribution in [2.45, 2.75) is 51.3 Å². The van der Waals surface area contributed by atoms with Crippen LogP contribution in [0, 0.1) is 6.92 Å². The molecule has 2 aromatic heterocycles. The van der Waals surface area contributed by atoms with Gasteiger partial charge in [0.25, 0.3) is 0 Å². The number of aryl methyl sites for hydroxylation is 1. The average molecular weight is 451 g/mol. The van der Waals surface area contributed by atoms with Crippen LogP contribution in [0.1, 0.15) is 49.2 Å². The van der Waals surface area contributed by atoms with Crippen molar-refractivity contribution in [2.75, 3.05) is 18.9 Å². The van der Waals surface area contributed by atoms with Crippen molar-refractivity contribution in [2.24, 2.45) is 11.6 Å². The zero-order valence-corrected chi connectivity index (χ0v) is 18.1. The van der Waals surface area contributed by atoms with Crippen LogP contribution in [0.3, 0.4) is 0 Å². The van der Waals surface area contributed by atoms with Crippen molar-refractivity contribution in [1.82, 2.24) is 20.0 Å². The normalized spacial score (nSPS) is 15.8. The number of nitrogens with two attached hydrogens (primary N) is 2. The molecule has 2 heterocycles. The number of pyridine rings is 1. The van der Waals surface area contributed by atoms with Gasteiger partial charge in [0.2, 0.25) is 0 Å². The number of halogens is 3. The Kier molecular flexibility index (Phi) is 7.39. The fourth-order valence-electron chi connectivity index (χ4n) is 3.53. The molecule has 11 heteroatoms. The standard InChI is InChI=1S/C21H28F3N7O/c1-13-17(32-14-6-4-3-5-7-14)9-8-15(30-13)20(25)16(31(2)26)11-27-19-10-18(21(22,23)24)28-12-29-19/h8-10,12,14H,3-7,11,25-26H2,1-2H3,(H,27,28,29)/b20-16-. The summed E-state index contributed by atoms with van der Waals surface area (Å²) in [4.78, 5) is 11.6. The third-order valence-electron chi connectivity index (χ3n) is 5.29. The minimum atomic E-state index is -4.56. The van der Waals surface area contributed by atoms with E-state index in [1.165, 1.54) is 24.3 Å². The molecule has 3 rings (SSSR count). The Morgan fingerprint density at radius 2 is 1.94 bits per heavy atom. The van der Waals surface area contributed by atoms with E-state index in [1.807, 2.05) is 13.0 Å². The highest BCUT2D eigenvalue weighted by atomic mass is 19.4. The number of likely N-dealkylation sites (N-methyl/N-ethyl adjacent to an activating group) is 1. The van der Waals surface area contributed by atoms with Gasteiger partial charge in [0.05, 0.1) is 35.4 Å². The second kappa shape index (κ2) is 10.0. The molecule has 0 aromatic carbocycles. The van der Waals surface area contributed by atoms with E-state index in [4.69, 9.17) is 16.3 Å². The van der Waals surface area contributed by atoms with Crippen LogP contribution >= 0.6 is 0 Å². The van der Waals surface area contributed by atoms with Crippen LogP contribution in [0.2, 0.25) is 0 Å². The summed E-state index contributed by atoms with van der Waals surface area (Å²) in [6.45, 7) is 1.88. The SMILES string of the molecule is Cc1nc(/C(N)=C(\CNc2cc(C(F)(F)F)ncn2)N(C)N)ccc1OC1CCCCC1. The predicted molar refractivity (Wildman–Crippen MR) is 115 cm³/mol. The summed E-state index contributed by atoms with van der Waals surface area (Å²) in [5.41, 5.74) is 7.19. The van der Waals surface area contributed by atoms with E-state index in [0.29, 0.717) is 22.8 Å². The lowest BCUT2D eigenvalue weighted by atomic mass is 9.98. The summed E-state index contributed by atoms with van der Waals surface area (Å²) >= 11 is 0. The van der Waals surface area contributed by atoms with Crippen LogP contribution in [-0.2, 0) is 6.18 Å². The summed E-state index contributed by atoms with van der Waals surface area (Å²) in [5, 5.41) is 4.10. The molecule has 0 spiro atoms. The lowest BCUT2D eigenvalue weighted by molar-refractivity contribution is -0.141. The molecule has 32 heavy (non-hydrogen) atoms. The Morgan fingerprint density at radius 1 is 1.22 bits per heavy atom. The average Bonchev–Trinajstić information content (AvgIpc) is 2.75. The lowest BCUT2D eigenvalue weighted by Crippen LogP contribution is -2.32. The maximum atomic E-state index is 12.9. The Labute approximate surface area is 184 Å². The van der Waals surface area contributed by atoms with Gasteiger partial charge in [0.1, 0.15) is 23.6 Å². The highest BCUT2D eigenvalue weighted by Gasteiger charge is 2.32. The number of hydrazine groups is 1. The van der Waals surface area contributed by atoms with Gasteiger partial charge in [0.15, 0.2) is 0 Å². The van der Waals surface area contributed by atoms with Gasteiger partial charge < -0.3 is 20.8 Å². The van der Waals surface area contributed by atoms with Crippen molar-refractivity contribution in [3.8, 4) is 5.75 Å². The van der Waals surface area contributed by atoms with Crippen molar-refractivity contribution < 1.29 is 17.9 Å². The number of hydrogen-bond acceptors (Lipinski definition) is 8. The van der Waals surface area contributed by atoms with Crippen molar-refractivity contribution in [3.63, 3.8) is 0 Å². The van der Waals surface area contributed by atoms with Crippen LogP contribution in [0.4, 0.5) is 19.0 Å². The maximum absolute atomic E-state index is 12.9. The van der Waals surface area contributed by atoms with Gasteiger partial charge in [-0.3, -0.25) is 0 Å². The molecule has 0 bridgehead atoms.